The van der Waals surface area contributed by atoms with Crippen molar-refractivity contribution in [3.63, 3.8) is 0 Å². The normalized spacial score (nSPS) is 11.0. The van der Waals surface area contributed by atoms with Crippen molar-refractivity contribution in [1.82, 2.24) is 24.1 Å². The van der Waals surface area contributed by atoms with E-state index in [-0.39, 0.29) is 5.56 Å². The van der Waals surface area contributed by atoms with E-state index >= 15 is 0 Å². The van der Waals surface area contributed by atoms with Crippen LogP contribution in [0.4, 0.5) is 0 Å². The molecule has 0 atom stereocenters. The monoisotopic (exact) mass is 345 g/mol. The molecule has 4 aromatic rings. The zero-order chi connectivity index (χ0) is 18.1. The fraction of sp³-hybridized carbons (Fsp3) is 0.150. The molecule has 0 N–H and O–H groups in total. The summed E-state index contributed by atoms with van der Waals surface area (Å²) >= 11 is 0. The van der Waals surface area contributed by atoms with Gasteiger partial charge in [-0.2, -0.15) is 10.2 Å². The van der Waals surface area contributed by atoms with Crippen LogP contribution in [0.3, 0.4) is 0 Å². The summed E-state index contributed by atoms with van der Waals surface area (Å²) < 4.78 is 5.22. The van der Waals surface area contributed by atoms with E-state index in [1.807, 2.05) is 54.7 Å². The van der Waals surface area contributed by atoms with E-state index in [0.717, 1.165) is 22.3 Å². The van der Waals surface area contributed by atoms with Crippen LogP contribution >= 0.6 is 0 Å². The van der Waals surface area contributed by atoms with Crippen molar-refractivity contribution in [2.24, 2.45) is 14.1 Å². The first-order valence-corrected chi connectivity index (χ1v) is 8.36. The first-order valence-electron chi connectivity index (χ1n) is 8.36. The van der Waals surface area contributed by atoms with Crippen LogP contribution in [-0.2, 0) is 20.6 Å². The lowest BCUT2D eigenvalue weighted by Crippen LogP contribution is -2.15. The summed E-state index contributed by atoms with van der Waals surface area (Å²) in [6, 6.07) is 11.9. The molecule has 0 aliphatic carbocycles. The quantitative estimate of drug-likeness (QED) is 0.571. The summed E-state index contributed by atoms with van der Waals surface area (Å²) in [5, 5.41) is 8.72. The van der Waals surface area contributed by atoms with Crippen LogP contribution in [-0.4, -0.2) is 24.1 Å². The first kappa shape index (κ1) is 16.1. The van der Waals surface area contributed by atoms with E-state index in [2.05, 4.69) is 22.3 Å². The molecule has 0 saturated heterocycles. The van der Waals surface area contributed by atoms with Gasteiger partial charge >= 0.3 is 0 Å². The van der Waals surface area contributed by atoms with Gasteiger partial charge < -0.3 is 4.57 Å². The fourth-order valence-corrected chi connectivity index (χ4v) is 3.02. The van der Waals surface area contributed by atoms with Crippen LogP contribution in [0.2, 0.25) is 0 Å². The molecule has 0 amide bonds. The molecule has 0 aliphatic heterocycles. The number of benzene rings is 1. The zero-order valence-corrected chi connectivity index (χ0v) is 14.7. The van der Waals surface area contributed by atoms with Crippen molar-refractivity contribution in [3.05, 3.63) is 83.3 Å². The van der Waals surface area contributed by atoms with E-state index in [1.165, 1.54) is 5.56 Å². The van der Waals surface area contributed by atoms with Gasteiger partial charge in [0.25, 0.3) is 5.56 Å². The maximum absolute atomic E-state index is 12.2. The van der Waals surface area contributed by atoms with Gasteiger partial charge in [0.15, 0.2) is 0 Å². The largest absolute Gasteiger partial charge is 0.318 e. The average molecular weight is 345 g/mol. The number of hydrogen-bond acceptors (Lipinski definition) is 3. The molecule has 4 rings (SSSR count). The third kappa shape index (κ3) is 3.09. The standard InChI is InChI=1S/C20H19N5O/c1-23-14-19(18(8-20(23)26)16-9-21-24(2)12-16)17-10-22-25(13-17)11-15-6-4-3-5-7-15/h3-10,12-14H,11H2,1-2H3. The second-order valence-electron chi connectivity index (χ2n) is 6.36. The van der Waals surface area contributed by atoms with Crippen LogP contribution in [0.5, 0.6) is 0 Å². The molecular formula is C20H19N5O. The Morgan fingerprint density at radius 2 is 1.62 bits per heavy atom. The van der Waals surface area contributed by atoms with Gasteiger partial charge in [-0.05, 0) is 11.1 Å². The molecular weight excluding hydrogens is 326 g/mol. The van der Waals surface area contributed by atoms with Crippen LogP contribution < -0.4 is 5.56 Å². The van der Waals surface area contributed by atoms with Crippen LogP contribution in [0.1, 0.15) is 5.56 Å². The van der Waals surface area contributed by atoms with Crippen molar-refractivity contribution >= 4 is 0 Å². The Hall–Kier alpha value is -3.41. The van der Waals surface area contributed by atoms with Gasteiger partial charge in [-0.3, -0.25) is 14.2 Å². The number of pyridine rings is 1. The highest BCUT2D eigenvalue weighted by Gasteiger charge is 2.13. The summed E-state index contributed by atoms with van der Waals surface area (Å²) in [5.41, 5.74) is 4.84. The van der Waals surface area contributed by atoms with E-state index in [1.54, 1.807) is 28.6 Å². The van der Waals surface area contributed by atoms with Gasteiger partial charge in [-0.1, -0.05) is 30.3 Å². The van der Waals surface area contributed by atoms with Gasteiger partial charge in [0.1, 0.15) is 0 Å². The maximum Gasteiger partial charge on any atom is 0.250 e. The number of aromatic nitrogens is 5. The van der Waals surface area contributed by atoms with Gasteiger partial charge in [0, 0.05) is 55.4 Å². The van der Waals surface area contributed by atoms with E-state index in [9.17, 15) is 4.79 Å². The Morgan fingerprint density at radius 1 is 0.885 bits per heavy atom. The number of rotatable bonds is 4. The predicted octanol–water partition coefficient (Wildman–Crippen LogP) is 2.70. The topological polar surface area (TPSA) is 57.6 Å². The maximum atomic E-state index is 12.2. The van der Waals surface area contributed by atoms with Crippen molar-refractivity contribution in [1.29, 1.82) is 0 Å². The molecule has 1 aromatic carbocycles. The Bertz CT molecular complexity index is 1100. The zero-order valence-electron chi connectivity index (χ0n) is 14.7. The lowest BCUT2D eigenvalue weighted by atomic mass is 10.0. The molecule has 130 valence electrons. The summed E-state index contributed by atoms with van der Waals surface area (Å²) in [4.78, 5) is 12.2. The molecule has 6 nitrogen and oxygen atoms in total. The van der Waals surface area contributed by atoms with Gasteiger partial charge in [0.05, 0.1) is 18.9 Å². The molecule has 0 unspecified atom stereocenters. The second kappa shape index (κ2) is 6.48. The molecule has 26 heavy (non-hydrogen) atoms. The SMILES string of the molecule is Cn1cc(-c2cc(=O)n(C)cc2-c2cnn(Cc3ccccc3)c2)cn1. The van der Waals surface area contributed by atoms with Crippen molar-refractivity contribution in [2.45, 2.75) is 6.54 Å². The average Bonchev–Trinajstić information content (AvgIpc) is 3.27. The summed E-state index contributed by atoms with van der Waals surface area (Å²) in [7, 11) is 3.62. The molecule has 3 aromatic heterocycles. The fourth-order valence-electron chi connectivity index (χ4n) is 3.02. The number of hydrogen-bond donors (Lipinski definition) is 0. The minimum Gasteiger partial charge on any atom is -0.318 e. The molecule has 0 saturated carbocycles. The third-order valence-corrected chi connectivity index (χ3v) is 4.38. The Morgan fingerprint density at radius 3 is 2.35 bits per heavy atom. The third-order valence-electron chi connectivity index (χ3n) is 4.38. The summed E-state index contributed by atoms with van der Waals surface area (Å²) in [6.45, 7) is 0.703. The molecule has 0 spiro atoms. The second-order valence-corrected chi connectivity index (χ2v) is 6.36. The molecule has 0 radical (unpaired) electrons. The molecule has 0 bridgehead atoms. The van der Waals surface area contributed by atoms with E-state index in [0.29, 0.717) is 6.54 Å². The van der Waals surface area contributed by atoms with Crippen LogP contribution in [0.25, 0.3) is 22.3 Å². The number of aryl methyl sites for hydroxylation is 2. The highest BCUT2D eigenvalue weighted by molar-refractivity contribution is 5.81. The highest BCUT2D eigenvalue weighted by atomic mass is 16.1. The van der Waals surface area contributed by atoms with E-state index in [4.69, 9.17) is 0 Å². The summed E-state index contributed by atoms with van der Waals surface area (Å²) in [5.74, 6) is 0. The predicted molar refractivity (Wildman–Crippen MR) is 101 cm³/mol. The highest BCUT2D eigenvalue weighted by Crippen LogP contribution is 2.30. The lowest BCUT2D eigenvalue weighted by Gasteiger charge is -2.08. The lowest BCUT2D eigenvalue weighted by molar-refractivity contribution is 0.687. The Labute approximate surface area is 151 Å². The Balaban J connectivity index is 1.76. The van der Waals surface area contributed by atoms with E-state index < -0.39 is 0 Å². The van der Waals surface area contributed by atoms with Crippen molar-refractivity contribution in [3.8, 4) is 22.3 Å². The molecule has 6 heteroatoms. The van der Waals surface area contributed by atoms with Gasteiger partial charge in [-0.25, -0.2) is 0 Å². The number of nitrogens with zero attached hydrogens (tertiary/aromatic N) is 5. The first-order chi connectivity index (χ1) is 12.6. The minimum atomic E-state index is -0.0516. The van der Waals surface area contributed by atoms with Crippen LogP contribution in [0.15, 0.2) is 72.2 Å². The van der Waals surface area contributed by atoms with Crippen molar-refractivity contribution in [2.75, 3.05) is 0 Å². The van der Waals surface area contributed by atoms with Crippen LogP contribution in [0, 0.1) is 0 Å². The Kier molecular flexibility index (Phi) is 4.01. The molecule has 3 heterocycles. The van der Waals surface area contributed by atoms with Crippen molar-refractivity contribution < 1.29 is 0 Å². The minimum absolute atomic E-state index is 0.0516. The summed E-state index contributed by atoms with van der Waals surface area (Å²) in [6.07, 6.45) is 9.38. The van der Waals surface area contributed by atoms with Gasteiger partial charge in [-0.15, -0.1) is 0 Å². The molecule has 0 fully saturated rings. The smallest absolute Gasteiger partial charge is 0.250 e. The molecule has 0 aliphatic rings. The van der Waals surface area contributed by atoms with Gasteiger partial charge in [0.2, 0.25) is 0 Å².